The van der Waals surface area contributed by atoms with Gasteiger partial charge in [-0.15, -0.1) is 0 Å². The zero-order valence-corrected chi connectivity index (χ0v) is 14.2. The summed E-state index contributed by atoms with van der Waals surface area (Å²) in [7, 11) is -0.402. The minimum Gasteiger partial charge on any atom is -0.398 e. The minimum atomic E-state index is -0.402. The number of hydrogen-bond donors (Lipinski definition) is 0. The summed E-state index contributed by atoms with van der Waals surface area (Å²) in [4.78, 5) is 0. The van der Waals surface area contributed by atoms with Crippen molar-refractivity contribution in [1.29, 1.82) is 0 Å². The van der Waals surface area contributed by atoms with Crippen LogP contribution in [0.1, 0.15) is 33.3 Å². The molecule has 3 rings (SSSR count). The largest absolute Gasteiger partial charge is 0.512 e. The van der Waals surface area contributed by atoms with Crippen molar-refractivity contribution in [3.63, 3.8) is 0 Å². The first kappa shape index (κ1) is 15.7. The van der Waals surface area contributed by atoms with E-state index in [1.807, 2.05) is 30.5 Å². The average Bonchev–Trinajstić information content (AvgIpc) is 2.88. The van der Waals surface area contributed by atoms with E-state index in [4.69, 9.17) is 20.9 Å². The maximum absolute atomic E-state index is 6.22. The smallest absolute Gasteiger partial charge is 0.398 e. The maximum atomic E-state index is 6.22. The van der Waals surface area contributed by atoms with Crippen LogP contribution in [0.4, 0.5) is 0 Å². The molecule has 116 valence electrons. The second-order valence-corrected chi connectivity index (χ2v) is 7.22. The number of nitrogens with zero attached hydrogens (tertiary/aromatic N) is 1. The number of rotatable bonds is 3. The van der Waals surface area contributed by atoms with Gasteiger partial charge in [0.25, 0.3) is 0 Å². The van der Waals surface area contributed by atoms with Gasteiger partial charge in [0.15, 0.2) is 0 Å². The maximum Gasteiger partial charge on any atom is 0.512 e. The molecular formula is C17H21BClNO2. The molecule has 0 unspecified atom stereocenters. The van der Waals surface area contributed by atoms with Crippen molar-refractivity contribution in [2.45, 2.75) is 45.4 Å². The Morgan fingerprint density at radius 1 is 1.05 bits per heavy atom. The van der Waals surface area contributed by atoms with Crippen LogP contribution in [0, 0.1) is 0 Å². The monoisotopic (exact) mass is 317 g/mol. The summed E-state index contributed by atoms with van der Waals surface area (Å²) in [6.45, 7) is 8.96. The first-order valence-corrected chi connectivity index (χ1v) is 7.91. The summed E-state index contributed by atoms with van der Waals surface area (Å²) in [6.07, 6.45) is 1.93. The molecule has 1 saturated heterocycles. The zero-order chi connectivity index (χ0) is 16.0. The van der Waals surface area contributed by atoms with Gasteiger partial charge in [0.2, 0.25) is 0 Å². The molecule has 1 fully saturated rings. The standard InChI is InChI=1S/C17H21BClNO2/c1-16(2)17(3,4)22-18(21-16)15-10-14(19)12-20(15)11-13-8-6-5-7-9-13/h5-10,12H,11H2,1-4H3. The van der Waals surface area contributed by atoms with Gasteiger partial charge < -0.3 is 13.9 Å². The van der Waals surface area contributed by atoms with Gasteiger partial charge in [-0.3, -0.25) is 0 Å². The van der Waals surface area contributed by atoms with Crippen molar-refractivity contribution in [3.05, 3.63) is 53.2 Å². The van der Waals surface area contributed by atoms with E-state index in [2.05, 4.69) is 44.4 Å². The fourth-order valence-corrected chi connectivity index (χ4v) is 2.80. The highest BCUT2D eigenvalue weighted by Gasteiger charge is 2.52. The normalized spacial score (nSPS) is 19.6. The predicted molar refractivity (Wildman–Crippen MR) is 90.7 cm³/mol. The molecule has 0 bridgehead atoms. The number of aromatic nitrogens is 1. The summed E-state index contributed by atoms with van der Waals surface area (Å²) >= 11 is 6.22. The Morgan fingerprint density at radius 2 is 1.64 bits per heavy atom. The van der Waals surface area contributed by atoms with E-state index in [1.165, 1.54) is 5.56 Å². The molecule has 1 aliphatic rings. The van der Waals surface area contributed by atoms with Gasteiger partial charge in [-0.2, -0.15) is 0 Å². The van der Waals surface area contributed by atoms with Gasteiger partial charge in [-0.1, -0.05) is 41.9 Å². The lowest BCUT2D eigenvalue weighted by Gasteiger charge is -2.32. The van der Waals surface area contributed by atoms with Gasteiger partial charge in [-0.05, 0) is 39.3 Å². The van der Waals surface area contributed by atoms with Crippen LogP contribution < -0.4 is 5.59 Å². The van der Waals surface area contributed by atoms with Crippen LogP contribution in [-0.2, 0) is 15.9 Å². The molecule has 1 aromatic heterocycles. The van der Waals surface area contributed by atoms with Gasteiger partial charge >= 0.3 is 7.12 Å². The molecule has 0 spiro atoms. The molecule has 0 N–H and O–H groups in total. The lowest BCUT2D eigenvalue weighted by atomic mass is 9.84. The van der Waals surface area contributed by atoms with E-state index in [0.717, 1.165) is 12.1 Å². The predicted octanol–water partition coefficient (Wildman–Crippen LogP) is 3.49. The molecule has 3 nitrogen and oxygen atoms in total. The number of hydrogen-bond acceptors (Lipinski definition) is 2. The molecule has 22 heavy (non-hydrogen) atoms. The van der Waals surface area contributed by atoms with Crippen LogP contribution in [0.2, 0.25) is 5.02 Å². The topological polar surface area (TPSA) is 23.4 Å². The second kappa shape index (κ2) is 5.45. The van der Waals surface area contributed by atoms with Gasteiger partial charge in [0.05, 0.1) is 21.8 Å². The van der Waals surface area contributed by atoms with Crippen molar-refractivity contribution in [2.24, 2.45) is 0 Å². The molecule has 2 aromatic rings. The van der Waals surface area contributed by atoms with E-state index < -0.39 is 7.12 Å². The molecule has 1 aliphatic heterocycles. The summed E-state index contributed by atoms with van der Waals surface area (Å²) in [5, 5.41) is 0.695. The zero-order valence-electron chi connectivity index (χ0n) is 13.5. The van der Waals surface area contributed by atoms with Gasteiger partial charge in [0.1, 0.15) is 0 Å². The second-order valence-electron chi connectivity index (χ2n) is 6.78. The van der Waals surface area contributed by atoms with Crippen molar-refractivity contribution in [2.75, 3.05) is 0 Å². The highest BCUT2D eigenvalue weighted by Crippen LogP contribution is 2.36. The molecule has 0 atom stereocenters. The molecule has 0 radical (unpaired) electrons. The summed E-state index contributed by atoms with van der Waals surface area (Å²) in [5.74, 6) is 0. The van der Waals surface area contributed by atoms with Crippen LogP contribution in [0.3, 0.4) is 0 Å². The fraction of sp³-hybridized carbons (Fsp3) is 0.412. The Morgan fingerprint density at radius 3 is 2.23 bits per heavy atom. The van der Waals surface area contributed by atoms with Crippen LogP contribution in [0.25, 0.3) is 0 Å². The van der Waals surface area contributed by atoms with E-state index in [0.29, 0.717) is 5.02 Å². The van der Waals surface area contributed by atoms with Crippen LogP contribution in [-0.4, -0.2) is 22.9 Å². The molecule has 0 aliphatic carbocycles. The molecule has 1 aromatic carbocycles. The van der Waals surface area contributed by atoms with E-state index in [9.17, 15) is 0 Å². The SMILES string of the molecule is CC1(C)OB(c2cc(Cl)cn2Cc2ccccc2)OC1(C)C. The van der Waals surface area contributed by atoms with Gasteiger partial charge in [0, 0.05) is 12.7 Å². The Labute approximate surface area is 137 Å². The number of benzene rings is 1. The van der Waals surface area contributed by atoms with Crippen molar-refractivity contribution < 1.29 is 9.31 Å². The first-order valence-electron chi connectivity index (χ1n) is 7.54. The molecule has 0 saturated carbocycles. The fourth-order valence-electron chi connectivity index (χ4n) is 2.57. The van der Waals surface area contributed by atoms with Crippen LogP contribution in [0.5, 0.6) is 0 Å². The summed E-state index contributed by atoms with van der Waals surface area (Å²) in [6, 6.07) is 12.2. The highest BCUT2D eigenvalue weighted by molar-refractivity contribution is 6.61. The summed E-state index contributed by atoms with van der Waals surface area (Å²) in [5.41, 5.74) is 1.46. The van der Waals surface area contributed by atoms with E-state index in [1.54, 1.807) is 0 Å². The highest BCUT2D eigenvalue weighted by atomic mass is 35.5. The average molecular weight is 318 g/mol. The first-order chi connectivity index (χ1) is 10.3. The minimum absolute atomic E-state index is 0.355. The Kier molecular flexibility index (Phi) is 3.88. The summed E-state index contributed by atoms with van der Waals surface area (Å²) < 4.78 is 14.4. The van der Waals surface area contributed by atoms with Crippen molar-refractivity contribution in [3.8, 4) is 0 Å². The molecule has 0 amide bonds. The van der Waals surface area contributed by atoms with Crippen LogP contribution in [0.15, 0.2) is 42.6 Å². The lowest BCUT2D eigenvalue weighted by Crippen LogP contribution is -2.41. The Balaban J connectivity index is 1.90. The van der Waals surface area contributed by atoms with E-state index >= 15 is 0 Å². The van der Waals surface area contributed by atoms with Crippen molar-refractivity contribution in [1.82, 2.24) is 4.57 Å². The van der Waals surface area contributed by atoms with E-state index in [-0.39, 0.29) is 11.2 Å². The third-order valence-electron chi connectivity index (χ3n) is 4.59. The molecule has 2 heterocycles. The third kappa shape index (κ3) is 2.83. The van der Waals surface area contributed by atoms with Crippen molar-refractivity contribution >= 4 is 24.3 Å². The quantitative estimate of drug-likeness (QED) is 0.809. The van der Waals surface area contributed by atoms with Crippen LogP contribution >= 0.6 is 11.6 Å². The molecule has 5 heteroatoms. The third-order valence-corrected chi connectivity index (χ3v) is 4.79. The lowest BCUT2D eigenvalue weighted by molar-refractivity contribution is 0.00578. The molecular weight excluding hydrogens is 296 g/mol. The Hall–Kier alpha value is -1.23. The Bertz CT molecular complexity index is 651. The van der Waals surface area contributed by atoms with Gasteiger partial charge in [-0.25, -0.2) is 0 Å². The number of halogens is 1.